The molecule has 0 saturated carbocycles. The molecule has 0 N–H and O–H groups in total. The van der Waals surface area contributed by atoms with Crippen LogP contribution in [-0.4, -0.2) is 9.52 Å². The summed E-state index contributed by atoms with van der Waals surface area (Å²) in [7, 11) is 1.08. The molecule has 0 unspecified atom stereocenters. The van der Waals surface area contributed by atoms with E-state index in [-0.39, 0.29) is 38.6 Å². The molecule has 0 nitrogen and oxygen atoms in total. The van der Waals surface area contributed by atoms with Crippen LogP contribution in [0.4, 0.5) is 0 Å². The number of halogens is 1. The van der Waals surface area contributed by atoms with Crippen LogP contribution in [0.15, 0.2) is 109 Å². The SMILES string of the molecule is C[Si]C.[Cl-].[Zr+3].c1ccc2c(c1)[cH-]c1ccccc12.c1ccc2c(c1)[cH-]c1ccccc12. The third-order valence-corrected chi connectivity index (χ3v) is 5.05. The molecule has 0 atom stereocenters. The van der Waals surface area contributed by atoms with Crippen molar-refractivity contribution >= 4 is 52.6 Å². The van der Waals surface area contributed by atoms with E-state index in [0.29, 0.717) is 0 Å². The van der Waals surface area contributed by atoms with E-state index in [1.165, 1.54) is 43.1 Å². The fourth-order valence-electron chi connectivity index (χ4n) is 3.81. The van der Waals surface area contributed by atoms with Gasteiger partial charge in [0.05, 0.1) is 0 Å². The molecule has 0 spiro atoms. The third kappa shape index (κ3) is 5.63. The predicted molar refractivity (Wildman–Crippen MR) is 132 cm³/mol. The van der Waals surface area contributed by atoms with Gasteiger partial charge in [0.15, 0.2) is 0 Å². The molecule has 3 heteroatoms. The maximum Gasteiger partial charge on any atom is 3.00 e. The summed E-state index contributed by atoms with van der Waals surface area (Å²) in [5.41, 5.74) is 0. The van der Waals surface area contributed by atoms with Gasteiger partial charge in [-0.25, -0.2) is 0 Å². The first-order valence-electron chi connectivity index (χ1n) is 9.96. The zero-order chi connectivity index (χ0) is 20.1. The molecule has 6 aromatic rings. The van der Waals surface area contributed by atoms with E-state index < -0.39 is 0 Å². The number of hydrogen-bond acceptors (Lipinski definition) is 0. The summed E-state index contributed by atoms with van der Waals surface area (Å²) in [6.07, 6.45) is 0. The Hall–Kier alpha value is -1.99. The first-order chi connectivity index (χ1) is 14.3. The average Bonchev–Trinajstić information content (AvgIpc) is 3.33. The zero-order valence-corrected chi connectivity index (χ0v) is 22.0. The molecule has 0 heterocycles. The Morgan fingerprint density at radius 3 is 0.871 bits per heavy atom. The van der Waals surface area contributed by atoms with Gasteiger partial charge in [-0.2, -0.15) is 0 Å². The summed E-state index contributed by atoms with van der Waals surface area (Å²) in [5, 5.41) is 10.8. The summed E-state index contributed by atoms with van der Waals surface area (Å²) >= 11 is 0. The van der Waals surface area contributed by atoms with E-state index >= 15 is 0 Å². The molecule has 0 saturated heterocycles. The van der Waals surface area contributed by atoms with Crippen LogP contribution in [0.1, 0.15) is 0 Å². The standard InChI is InChI=1S/2C13H9.C2H6Si.ClH.Zr/c2*1-3-7-12-10(5-1)9-11-6-2-4-8-13(11)12;1-3-2;;/h2*1-9H;1-2H3;1H;/q2*-1;;;+3/p-1. The Morgan fingerprint density at radius 1 is 0.452 bits per heavy atom. The Balaban J connectivity index is 0.000000185. The monoisotopic (exact) mass is 513 g/mol. The Morgan fingerprint density at radius 2 is 0.645 bits per heavy atom. The Labute approximate surface area is 212 Å². The van der Waals surface area contributed by atoms with E-state index in [0.717, 1.165) is 9.52 Å². The van der Waals surface area contributed by atoms with Gasteiger partial charge in [-0.1, -0.05) is 85.9 Å². The van der Waals surface area contributed by atoms with Crippen molar-refractivity contribution in [1.82, 2.24) is 0 Å². The molecule has 6 rings (SSSR count). The van der Waals surface area contributed by atoms with Crippen LogP contribution in [0, 0.1) is 0 Å². The van der Waals surface area contributed by atoms with Crippen molar-refractivity contribution in [2.75, 3.05) is 0 Å². The van der Waals surface area contributed by atoms with Crippen LogP contribution >= 0.6 is 0 Å². The largest absolute Gasteiger partial charge is 3.00 e. The van der Waals surface area contributed by atoms with Gasteiger partial charge in [-0.15, -0.1) is 79.5 Å². The molecular weight excluding hydrogens is 491 g/mol. The molecule has 31 heavy (non-hydrogen) atoms. The van der Waals surface area contributed by atoms with Gasteiger partial charge in [-0.3, -0.25) is 0 Å². The Kier molecular flexibility index (Phi) is 9.91. The van der Waals surface area contributed by atoms with Crippen LogP contribution < -0.4 is 12.4 Å². The fraction of sp³-hybridized carbons (Fsp3) is 0.0714. The topological polar surface area (TPSA) is 0 Å². The molecule has 0 aliphatic heterocycles. The molecule has 3 radical (unpaired) electrons. The smallest absolute Gasteiger partial charge is 1.00 e. The summed E-state index contributed by atoms with van der Waals surface area (Å²) in [6, 6.07) is 38.5. The van der Waals surface area contributed by atoms with Crippen molar-refractivity contribution in [2.45, 2.75) is 13.1 Å². The van der Waals surface area contributed by atoms with E-state index in [1.54, 1.807) is 0 Å². The first kappa shape index (κ1) is 25.3. The molecule has 0 aliphatic carbocycles. The third-order valence-electron chi connectivity index (χ3n) is 5.05. The first-order valence-corrected chi connectivity index (χ1v) is 12.0. The van der Waals surface area contributed by atoms with Gasteiger partial charge in [0.25, 0.3) is 0 Å². The van der Waals surface area contributed by atoms with Crippen LogP contribution in [0.25, 0.3) is 43.1 Å². The van der Waals surface area contributed by atoms with Gasteiger partial charge in [-0.05, 0) is 0 Å². The minimum atomic E-state index is 0. The number of fused-ring (bicyclic) bond motifs is 6. The van der Waals surface area contributed by atoms with E-state index in [4.69, 9.17) is 0 Å². The summed E-state index contributed by atoms with van der Waals surface area (Å²) < 4.78 is 0. The van der Waals surface area contributed by atoms with Crippen molar-refractivity contribution < 1.29 is 38.6 Å². The molecule has 0 aromatic heterocycles. The van der Waals surface area contributed by atoms with Crippen molar-refractivity contribution in [3.8, 4) is 0 Å². The quantitative estimate of drug-likeness (QED) is 0.193. The van der Waals surface area contributed by atoms with Gasteiger partial charge in [0, 0.05) is 9.52 Å². The molecule has 0 bridgehead atoms. The minimum absolute atomic E-state index is 0. The predicted octanol–water partition coefficient (Wildman–Crippen LogP) is 5.21. The second kappa shape index (κ2) is 12.2. The van der Waals surface area contributed by atoms with Gasteiger partial charge >= 0.3 is 26.2 Å². The van der Waals surface area contributed by atoms with Crippen molar-refractivity contribution in [2.24, 2.45) is 0 Å². The molecule has 151 valence electrons. The van der Waals surface area contributed by atoms with Crippen molar-refractivity contribution in [1.29, 1.82) is 0 Å². The number of rotatable bonds is 0. The van der Waals surface area contributed by atoms with Gasteiger partial charge in [0.1, 0.15) is 0 Å². The van der Waals surface area contributed by atoms with E-state index in [2.05, 4.69) is 122 Å². The van der Waals surface area contributed by atoms with Crippen molar-refractivity contribution in [3.05, 3.63) is 109 Å². The van der Waals surface area contributed by atoms with Crippen LogP contribution in [0.5, 0.6) is 0 Å². The van der Waals surface area contributed by atoms with Crippen molar-refractivity contribution in [3.63, 3.8) is 0 Å². The van der Waals surface area contributed by atoms with E-state index in [1.807, 2.05) is 0 Å². The molecule has 0 aliphatic rings. The van der Waals surface area contributed by atoms with Crippen LogP contribution in [0.2, 0.25) is 13.1 Å². The molecule has 0 amide bonds. The maximum atomic E-state index is 2.24. The number of hydrogen-bond donors (Lipinski definition) is 0. The molecular formula is C28H24ClSiZr. The minimum Gasteiger partial charge on any atom is -1.00 e. The fourth-order valence-corrected chi connectivity index (χ4v) is 3.81. The summed E-state index contributed by atoms with van der Waals surface area (Å²) in [5.74, 6) is 0. The van der Waals surface area contributed by atoms with Crippen LogP contribution in [0.3, 0.4) is 0 Å². The maximum absolute atomic E-state index is 2.24. The average molecular weight is 515 g/mol. The second-order valence-electron chi connectivity index (χ2n) is 7.14. The number of benzene rings is 4. The Bertz CT molecular complexity index is 1160. The summed E-state index contributed by atoms with van der Waals surface area (Å²) in [4.78, 5) is 0. The van der Waals surface area contributed by atoms with E-state index in [9.17, 15) is 0 Å². The normalized spacial score (nSPS) is 9.87. The van der Waals surface area contributed by atoms with Gasteiger partial charge in [0.2, 0.25) is 0 Å². The summed E-state index contributed by atoms with van der Waals surface area (Å²) in [6.45, 7) is 4.31. The van der Waals surface area contributed by atoms with Gasteiger partial charge < -0.3 is 12.4 Å². The molecule has 6 aromatic carbocycles. The van der Waals surface area contributed by atoms with Crippen LogP contribution in [-0.2, 0) is 26.2 Å². The second-order valence-corrected chi connectivity index (χ2v) is 8.14. The molecule has 0 fully saturated rings. The zero-order valence-electron chi connectivity index (χ0n) is 17.8.